The monoisotopic (exact) mass is 374 g/mol. The van der Waals surface area contributed by atoms with Crippen LogP contribution in [0, 0.1) is 17.8 Å². The lowest BCUT2D eigenvalue weighted by Crippen LogP contribution is -2.26. The molecule has 2 N–H and O–H groups in total. The molecule has 3 amide bonds. The molecule has 4 unspecified atom stereocenters. The largest absolute Gasteiger partial charge is 0.352 e. The Morgan fingerprint density at radius 2 is 1.82 bits per heavy atom. The number of imide groups is 1. The molecule has 142 valence electrons. The van der Waals surface area contributed by atoms with E-state index in [0.717, 1.165) is 12.0 Å². The first-order valence-electron chi connectivity index (χ1n) is 9.89. The summed E-state index contributed by atoms with van der Waals surface area (Å²) in [5, 5.41) is 5.41. The van der Waals surface area contributed by atoms with Crippen molar-refractivity contribution in [3.05, 3.63) is 70.8 Å². The average molecular weight is 374 g/mol. The van der Waals surface area contributed by atoms with Crippen molar-refractivity contribution in [1.29, 1.82) is 0 Å². The number of hydrogen-bond donors (Lipinski definition) is 2. The van der Waals surface area contributed by atoms with Gasteiger partial charge < -0.3 is 5.32 Å². The molecule has 2 fully saturated rings. The molecule has 5 heteroatoms. The molecule has 4 atom stereocenters. The summed E-state index contributed by atoms with van der Waals surface area (Å²) < 4.78 is 0. The second kappa shape index (κ2) is 6.59. The zero-order valence-electron chi connectivity index (χ0n) is 15.5. The quantitative estimate of drug-likeness (QED) is 0.788. The van der Waals surface area contributed by atoms with Gasteiger partial charge in [-0.25, -0.2) is 0 Å². The van der Waals surface area contributed by atoms with Crippen molar-refractivity contribution in [1.82, 2.24) is 10.6 Å². The van der Waals surface area contributed by atoms with Crippen molar-refractivity contribution in [2.24, 2.45) is 17.8 Å². The van der Waals surface area contributed by atoms with E-state index in [4.69, 9.17) is 0 Å². The van der Waals surface area contributed by atoms with E-state index >= 15 is 0 Å². The molecule has 1 aliphatic heterocycles. The van der Waals surface area contributed by atoms with Crippen LogP contribution in [0.2, 0.25) is 0 Å². The Labute approximate surface area is 163 Å². The van der Waals surface area contributed by atoms with Crippen LogP contribution in [-0.2, 0) is 22.4 Å². The lowest BCUT2D eigenvalue weighted by Gasteiger charge is -2.10. The van der Waals surface area contributed by atoms with E-state index in [2.05, 4.69) is 34.9 Å². The Bertz CT molecular complexity index is 966. The SMILES string of the molecule is O=C1CC(Cc2ccc(C(=O)NCC3C4Cc5ccccc5C34)cc2)C(=O)N1. The van der Waals surface area contributed by atoms with Crippen LogP contribution >= 0.6 is 0 Å². The molecule has 0 spiro atoms. The van der Waals surface area contributed by atoms with E-state index in [1.54, 1.807) is 12.1 Å². The van der Waals surface area contributed by atoms with Gasteiger partial charge in [-0.1, -0.05) is 36.4 Å². The van der Waals surface area contributed by atoms with E-state index in [9.17, 15) is 14.4 Å². The molecular formula is C23H22N2O3. The van der Waals surface area contributed by atoms with Gasteiger partial charge in [0, 0.05) is 18.5 Å². The summed E-state index contributed by atoms with van der Waals surface area (Å²) in [6.45, 7) is 0.717. The normalized spacial score (nSPS) is 27.1. The Morgan fingerprint density at radius 1 is 1.04 bits per heavy atom. The lowest BCUT2D eigenvalue weighted by molar-refractivity contribution is -0.125. The van der Waals surface area contributed by atoms with Crippen molar-refractivity contribution in [2.75, 3.05) is 6.54 Å². The highest BCUT2D eigenvalue weighted by Crippen LogP contribution is 2.60. The minimum atomic E-state index is -0.302. The Morgan fingerprint density at radius 3 is 2.57 bits per heavy atom. The first kappa shape index (κ1) is 17.2. The Kier molecular flexibility index (Phi) is 4.04. The van der Waals surface area contributed by atoms with Gasteiger partial charge in [0.05, 0.1) is 5.92 Å². The van der Waals surface area contributed by atoms with Gasteiger partial charge in [-0.15, -0.1) is 0 Å². The zero-order chi connectivity index (χ0) is 19.3. The van der Waals surface area contributed by atoms with Crippen LogP contribution < -0.4 is 10.6 Å². The van der Waals surface area contributed by atoms with Crippen LogP contribution in [0.5, 0.6) is 0 Å². The van der Waals surface area contributed by atoms with Gasteiger partial charge in [-0.2, -0.15) is 0 Å². The maximum Gasteiger partial charge on any atom is 0.251 e. The van der Waals surface area contributed by atoms with Crippen LogP contribution in [0.4, 0.5) is 0 Å². The molecule has 3 aliphatic rings. The molecule has 0 radical (unpaired) electrons. The smallest absolute Gasteiger partial charge is 0.251 e. The van der Waals surface area contributed by atoms with Gasteiger partial charge in [0.25, 0.3) is 5.91 Å². The lowest BCUT2D eigenvalue weighted by atomic mass is 9.97. The van der Waals surface area contributed by atoms with Crippen LogP contribution in [-0.4, -0.2) is 24.3 Å². The van der Waals surface area contributed by atoms with Crippen molar-refractivity contribution in [3.63, 3.8) is 0 Å². The summed E-state index contributed by atoms with van der Waals surface area (Å²) in [5.74, 6) is 1.07. The molecule has 1 saturated carbocycles. The fraction of sp³-hybridized carbons (Fsp3) is 0.348. The maximum atomic E-state index is 12.5. The molecule has 1 heterocycles. The van der Waals surface area contributed by atoms with Gasteiger partial charge in [-0.05, 0) is 59.4 Å². The van der Waals surface area contributed by atoms with Crippen molar-refractivity contribution >= 4 is 17.7 Å². The molecule has 5 nitrogen and oxygen atoms in total. The van der Waals surface area contributed by atoms with E-state index in [0.29, 0.717) is 36.3 Å². The minimum absolute atomic E-state index is 0.0569. The molecule has 2 aromatic rings. The Hall–Kier alpha value is -2.95. The third-order valence-corrected chi connectivity index (χ3v) is 6.46. The standard InChI is InChI=1S/C23H22N2O3/c26-20-11-16(23(28)25-20)9-13-5-7-14(8-6-13)22(27)24-12-19-18-10-15-3-1-2-4-17(15)21(18)19/h1-8,16,18-19,21H,9-12H2,(H,24,27)(H,25,26,28). The number of amides is 3. The van der Waals surface area contributed by atoms with Gasteiger partial charge in [0.1, 0.15) is 0 Å². The minimum Gasteiger partial charge on any atom is -0.352 e. The van der Waals surface area contributed by atoms with Crippen molar-refractivity contribution < 1.29 is 14.4 Å². The van der Waals surface area contributed by atoms with E-state index in [1.165, 1.54) is 11.1 Å². The number of hydrogen-bond acceptors (Lipinski definition) is 3. The van der Waals surface area contributed by atoms with Crippen molar-refractivity contribution in [2.45, 2.75) is 25.2 Å². The Balaban J connectivity index is 1.15. The highest BCUT2D eigenvalue weighted by atomic mass is 16.2. The summed E-state index contributed by atoms with van der Waals surface area (Å²) in [5.41, 5.74) is 4.51. The van der Waals surface area contributed by atoms with E-state index < -0.39 is 0 Å². The topological polar surface area (TPSA) is 75.3 Å². The molecule has 2 aliphatic carbocycles. The molecule has 28 heavy (non-hydrogen) atoms. The van der Waals surface area contributed by atoms with Gasteiger partial charge >= 0.3 is 0 Å². The van der Waals surface area contributed by atoms with Gasteiger partial charge in [0.2, 0.25) is 11.8 Å². The predicted molar refractivity (Wildman–Crippen MR) is 104 cm³/mol. The second-order valence-electron chi connectivity index (χ2n) is 8.18. The third kappa shape index (κ3) is 3.01. The number of nitrogens with one attached hydrogen (secondary N) is 2. The third-order valence-electron chi connectivity index (χ3n) is 6.46. The molecule has 5 rings (SSSR count). The summed E-state index contributed by atoms with van der Waals surface area (Å²) in [7, 11) is 0. The van der Waals surface area contributed by atoms with Crippen LogP contribution in [0.15, 0.2) is 48.5 Å². The first-order chi connectivity index (χ1) is 13.6. The van der Waals surface area contributed by atoms with Crippen LogP contribution in [0.1, 0.15) is 39.4 Å². The van der Waals surface area contributed by atoms with Crippen molar-refractivity contribution in [3.8, 4) is 0 Å². The highest BCUT2D eigenvalue weighted by Gasteiger charge is 2.54. The first-order valence-corrected chi connectivity index (χ1v) is 9.89. The van der Waals surface area contributed by atoms with Crippen LogP contribution in [0.3, 0.4) is 0 Å². The molecule has 1 saturated heterocycles. The van der Waals surface area contributed by atoms with Crippen LogP contribution in [0.25, 0.3) is 0 Å². The van der Waals surface area contributed by atoms with Gasteiger partial charge in [-0.3, -0.25) is 19.7 Å². The molecule has 0 aromatic heterocycles. The molecule has 2 aromatic carbocycles. The second-order valence-corrected chi connectivity index (χ2v) is 8.18. The summed E-state index contributed by atoms with van der Waals surface area (Å²) in [4.78, 5) is 35.4. The maximum absolute atomic E-state index is 12.5. The molecular weight excluding hydrogens is 352 g/mol. The highest BCUT2D eigenvalue weighted by molar-refractivity contribution is 6.03. The predicted octanol–water partition coefficient (Wildman–Crippen LogP) is 2.21. The van der Waals surface area contributed by atoms with E-state index in [1.807, 2.05) is 12.1 Å². The van der Waals surface area contributed by atoms with Gasteiger partial charge in [0.15, 0.2) is 0 Å². The number of fused-ring (bicyclic) bond motifs is 3. The molecule has 0 bridgehead atoms. The zero-order valence-corrected chi connectivity index (χ0v) is 15.5. The van der Waals surface area contributed by atoms with E-state index in [-0.39, 0.29) is 30.1 Å². The number of carbonyl (C=O) groups excluding carboxylic acids is 3. The fourth-order valence-corrected chi connectivity index (χ4v) is 4.92. The summed E-state index contributed by atoms with van der Waals surface area (Å²) >= 11 is 0. The number of carbonyl (C=O) groups is 3. The fourth-order valence-electron chi connectivity index (χ4n) is 4.92. The average Bonchev–Trinajstić information content (AvgIpc) is 3.06. The number of benzene rings is 2. The summed E-state index contributed by atoms with van der Waals surface area (Å²) in [6, 6.07) is 16.0. The summed E-state index contributed by atoms with van der Waals surface area (Å²) in [6.07, 6.45) is 1.89. The number of rotatable bonds is 5.